The van der Waals surface area contributed by atoms with Gasteiger partial charge in [0.1, 0.15) is 6.04 Å². The second-order valence-corrected chi connectivity index (χ2v) is 8.37. The van der Waals surface area contributed by atoms with Gasteiger partial charge in [0.2, 0.25) is 11.8 Å². The summed E-state index contributed by atoms with van der Waals surface area (Å²) >= 11 is 6.08. The number of carbonyl (C=O) groups is 4. The summed E-state index contributed by atoms with van der Waals surface area (Å²) in [7, 11) is 0. The highest BCUT2D eigenvalue weighted by Crippen LogP contribution is 2.28. The highest BCUT2D eigenvalue weighted by atomic mass is 35.5. The number of urea groups is 1. The molecule has 8 nitrogen and oxygen atoms in total. The van der Waals surface area contributed by atoms with Crippen LogP contribution in [0.15, 0.2) is 36.4 Å². The van der Waals surface area contributed by atoms with Gasteiger partial charge in [-0.05, 0) is 54.7 Å². The average molecular weight is 455 g/mol. The number of amides is 5. The van der Waals surface area contributed by atoms with E-state index < -0.39 is 11.9 Å². The molecule has 2 aromatic rings. The summed E-state index contributed by atoms with van der Waals surface area (Å²) in [4.78, 5) is 50.6. The molecule has 0 spiro atoms. The maximum absolute atomic E-state index is 12.8. The lowest BCUT2D eigenvalue weighted by molar-refractivity contribution is -0.132. The van der Waals surface area contributed by atoms with Crippen LogP contribution in [-0.4, -0.2) is 34.7 Å². The first-order valence-electron chi connectivity index (χ1n) is 10.4. The first-order valence-corrected chi connectivity index (χ1v) is 10.8. The number of benzene rings is 2. The first kappa shape index (κ1) is 21.8. The maximum Gasteiger partial charge on any atom is 0.319 e. The molecule has 2 aromatic carbocycles. The van der Waals surface area contributed by atoms with Crippen LogP contribution in [0.1, 0.15) is 46.3 Å². The average Bonchev–Trinajstić information content (AvgIpc) is 2.97. The van der Waals surface area contributed by atoms with Crippen molar-refractivity contribution in [2.45, 2.75) is 45.3 Å². The number of halogens is 1. The van der Waals surface area contributed by atoms with Gasteiger partial charge in [-0.1, -0.05) is 29.8 Å². The minimum absolute atomic E-state index is 0.219. The van der Waals surface area contributed by atoms with Crippen LogP contribution >= 0.6 is 11.6 Å². The number of anilines is 1. The Hall–Kier alpha value is -3.39. The fourth-order valence-corrected chi connectivity index (χ4v) is 4.19. The molecule has 1 fully saturated rings. The lowest BCUT2D eigenvalue weighted by Gasteiger charge is -2.24. The molecule has 3 N–H and O–H groups in total. The Morgan fingerprint density at radius 2 is 2.03 bits per heavy atom. The summed E-state index contributed by atoms with van der Waals surface area (Å²) in [6, 6.07) is 9.62. The van der Waals surface area contributed by atoms with Gasteiger partial charge in [-0.3, -0.25) is 19.7 Å². The van der Waals surface area contributed by atoms with E-state index >= 15 is 0 Å². The topological polar surface area (TPSA) is 108 Å². The van der Waals surface area contributed by atoms with Crippen LogP contribution in [0, 0.1) is 6.92 Å². The van der Waals surface area contributed by atoms with Crippen molar-refractivity contribution in [1.29, 1.82) is 0 Å². The van der Waals surface area contributed by atoms with Gasteiger partial charge in [-0.25, -0.2) is 4.79 Å². The van der Waals surface area contributed by atoms with Gasteiger partial charge >= 0.3 is 6.03 Å². The van der Waals surface area contributed by atoms with Crippen LogP contribution in [0.4, 0.5) is 10.5 Å². The summed E-state index contributed by atoms with van der Waals surface area (Å²) in [5, 5.41) is 8.50. The molecule has 9 heteroatoms. The largest absolute Gasteiger partial charge is 0.334 e. The van der Waals surface area contributed by atoms with Crippen LogP contribution in [0.2, 0.25) is 5.02 Å². The third-order valence-corrected chi connectivity index (χ3v) is 6.20. The minimum atomic E-state index is -0.658. The standard InChI is InChI=1S/C23H23ClN4O4/c1-13-17(24)4-2-5-18(13)26-23(32)25-11-14-8-9-16-15(10-14)12-28(22(16)31)19-6-3-7-20(29)27-21(19)30/h2,4-5,8-10,19H,3,6-7,11-12H2,1H3,(H2,25,26,32)(H,27,29,30)/t19-/m0/s1. The molecular formula is C23H23ClN4O4. The summed E-state index contributed by atoms with van der Waals surface area (Å²) < 4.78 is 0. The van der Waals surface area contributed by atoms with Gasteiger partial charge in [0.15, 0.2) is 0 Å². The zero-order valence-corrected chi connectivity index (χ0v) is 18.3. The van der Waals surface area contributed by atoms with Gasteiger partial charge in [-0.2, -0.15) is 0 Å². The molecule has 1 atom stereocenters. The van der Waals surface area contributed by atoms with Crippen LogP contribution in [-0.2, 0) is 22.7 Å². The second-order valence-electron chi connectivity index (χ2n) is 7.97. The zero-order chi connectivity index (χ0) is 22.8. The van der Waals surface area contributed by atoms with Gasteiger partial charge in [0, 0.05) is 35.8 Å². The smallest absolute Gasteiger partial charge is 0.319 e. The van der Waals surface area contributed by atoms with Crippen molar-refractivity contribution in [3.05, 3.63) is 63.7 Å². The van der Waals surface area contributed by atoms with E-state index in [1.54, 1.807) is 30.3 Å². The number of fused-ring (bicyclic) bond motifs is 1. The normalized spacial score (nSPS) is 18.1. The predicted molar refractivity (Wildman–Crippen MR) is 119 cm³/mol. The van der Waals surface area contributed by atoms with E-state index in [1.807, 2.05) is 13.0 Å². The molecule has 1 saturated heterocycles. The Kier molecular flexibility index (Phi) is 6.14. The van der Waals surface area contributed by atoms with E-state index in [0.29, 0.717) is 35.7 Å². The molecule has 4 rings (SSSR count). The number of hydrogen-bond acceptors (Lipinski definition) is 4. The molecule has 0 bridgehead atoms. The number of carbonyl (C=O) groups excluding carboxylic acids is 4. The van der Waals surface area contributed by atoms with Crippen molar-refractivity contribution >= 4 is 41.0 Å². The lowest BCUT2D eigenvalue weighted by atomic mass is 10.1. The van der Waals surface area contributed by atoms with Crippen LogP contribution in [0.3, 0.4) is 0 Å². The van der Waals surface area contributed by atoms with Gasteiger partial charge in [0.25, 0.3) is 5.91 Å². The van der Waals surface area contributed by atoms with E-state index in [0.717, 1.165) is 16.7 Å². The highest BCUT2D eigenvalue weighted by Gasteiger charge is 2.37. The van der Waals surface area contributed by atoms with E-state index in [2.05, 4.69) is 16.0 Å². The SMILES string of the molecule is Cc1c(Cl)cccc1NC(=O)NCc1ccc2c(c1)CN([C@H]1CCCC(=O)NC1=O)C2=O. The Bertz CT molecular complexity index is 1120. The van der Waals surface area contributed by atoms with E-state index in [4.69, 9.17) is 11.6 Å². The Labute approximate surface area is 190 Å². The van der Waals surface area contributed by atoms with E-state index in [1.165, 1.54) is 4.90 Å². The molecule has 2 aliphatic rings. The molecular weight excluding hydrogens is 432 g/mol. The van der Waals surface area contributed by atoms with Gasteiger partial charge < -0.3 is 15.5 Å². The van der Waals surface area contributed by atoms with E-state index in [9.17, 15) is 19.2 Å². The predicted octanol–water partition coefficient (Wildman–Crippen LogP) is 3.12. The number of hydrogen-bond donors (Lipinski definition) is 3. The fourth-order valence-electron chi connectivity index (χ4n) is 4.02. The van der Waals surface area contributed by atoms with Gasteiger partial charge in [-0.15, -0.1) is 0 Å². The zero-order valence-electron chi connectivity index (χ0n) is 17.5. The van der Waals surface area contributed by atoms with Crippen molar-refractivity contribution in [3.8, 4) is 0 Å². The third-order valence-electron chi connectivity index (χ3n) is 5.79. The van der Waals surface area contributed by atoms with Crippen LogP contribution in [0.5, 0.6) is 0 Å². The number of rotatable bonds is 4. The number of nitrogens with one attached hydrogen (secondary N) is 3. The minimum Gasteiger partial charge on any atom is -0.334 e. The van der Waals surface area contributed by atoms with Crippen LogP contribution in [0.25, 0.3) is 0 Å². The molecule has 0 unspecified atom stereocenters. The van der Waals surface area contributed by atoms with Crippen molar-refractivity contribution in [2.24, 2.45) is 0 Å². The molecule has 0 radical (unpaired) electrons. The van der Waals surface area contributed by atoms with Crippen molar-refractivity contribution in [1.82, 2.24) is 15.5 Å². The molecule has 2 aliphatic heterocycles. The summed E-state index contributed by atoms with van der Waals surface area (Å²) in [6.07, 6.45) is 1.29. The molecule has 166 valence electrons. The Balaban J connectivity index is 1.40. The summed E-state index contributed by atoms with van der Waals surface area (Å²) in [6.45, 7) is 2.39. The van der Waals surface area contributed by atoms with Crippen molar-refractivity contribution in [3.63, 3.8) is 0 Å². The third kappa shape index (κ3) is 4.45. The molecule has 32 heavy (non-hydrogen) atoms. The quantitative estimate of drug-likeness (QED) is 0.617. The maximum atomic E-state index is 12.8. The number of imide groups is 1. The molecule has 2 heterocycles. The highest BCUT2D eigenvalue weighted by molar-refractivity contribution is 6.31. The molecule has 5 amide bonds. The van der Waals surface area contributed by atoms with Gasteiger partial charge in [0.05, 0.1) is 0 Å². The summed E-state index contributed by atoms with van der Waals surface area (Å²) in [5.41, 5.74) is 3.58. The van der Waals surface area contributed by atoms with Crippen molar-refractivity contribution in [2.75, 3.05) is 5.32 Å². The monoisotopic (exact) mass is 454 g/mol. The van der Waals surface area contributed by atoms with E-state index in [-0.39, 0.29) is 30.8 Å². The Morgan fingerprint density at radius 1 is 1.22 bits per heavy atom. The van der Waals surface area contributed by atoms with Crippen molar-refractivity contribution < 1.29 is 19.2 Å². The second kappa shape index (κ2) is 9.00. The fraction of sp³-hybridized carbons (Fsp3) is 0.304. The lowest BCUT2D eigenvalue weighted by Crippen LogP contribution is -2.46. The number of nitrogens with zero attached hydrogens (tertiary/aromatic N) is 1. The first-order chi connectivity index (χ1) is 15.3. The Morgan fingerprint density at radius 3 is 2.84 bits per heavy atom. The molecule has 0 aromatic heterocycles. The van der Waals surface area contributed by atoms with Crippen LogP contribution < -0.4 is 16.0 Å². The molecule has 0 saturated carbocycles. The summed E-state index contributed by atoms with van der Waals surface area (Å²) in [5.74, 6) is -0.951. The molecule has 0 aliphatic carbocycles.